The Kier molecular flexibility index (Phi) is 3.28. The van der Waals surface area contributed by atoms with Gasteiger partial charge in [-0.15, -0.1) is 0 Å². The van der Waals surface area contributed by atoms with Crippen LogP contribution in [0.25, 0.3) is 0 Å². The number of hydrogen-bond acceptors (Lipinski definition) is 1. The molecule has 1 fully saturated rings. The minimum absolute atomic E-state index is 0.500. The molecule has 0 radical (unpaired) electrons. The third-order valence-corrected chi connectivity index (χ3v) is 5.60. The minimum Gasteiger partial charge on any atom is -0.303 e. The van der Waals surface area contributed by atoms with Crippen molar-refractivity contribution in [3.63, 3.8) is 0 Å². The highest BCUT2D eigenvalue weighted by molar-refractivity contribution is 6.30. The molecule has 0 bridgehead atoms. The summed E-state index contributed by atoms with van der Waals surface area (Å²) in [6.45, 7) is 1.22. The molecule has 4 rings (SSSR count). The van der Waals surface area contributed by atoms with E-state index in [1.54, 1.807) is 5.56 Å². The van der Waals surface area contributed by atoms with Gasteiger partial charge in [-0.1, -0.05) is 48.0 Å². The Hall–Kier alpha value is -1.31. The second kappa shape index (κ2) is 5.15. The maximum atomic E-state index is 6.05. The summed E-state index contributed by atoms with van der Waals surface area (Å²) in [6.07, 6.45) is 2.52. The molecule has 0 saturated carbocycles. The molecular formula is C19H20ClN. The van der Waals surface area contributed by atoms with Gasteiger partial charge in [-0.25, -0.2) is 0 Å². The molecule has 0 aromatic heterocycles. The first-order valence-corrected chi connectivity index (χ1v) is 8.16. The van der Waals surface area contributed by atoms with Crippen molar-refractivity contribution in [3.05, 3.63) is 70.2 Å². The Morgan fingerprint density at radius 3 is 2.48 bits per heavy atom. The van der Waals surface area contributed by atoms with Gasteiger partial charge in [0.15, 0.2) is 0 Å². The van der Waals surface area contributed by atoms with Gasteiger partial charge in [0.2, 0.25) is 0 Å². The van der Waals surface area contributed by atoms with E-state index in [1.165, 1.54) is 30.5 Å². The number of nitrogens with zero attached hydrogens (tertiary/aromatic N) is 1. The number of benzene rings is 2. The van der Waals surface area contributed by atoms with E-state index in [1.807, 2.05) is 12.1 Å². The average Bonchev–Trinajstić information content (AvgIpc) is 2.89. The quantitative estimate of drug-likeness (QED) is 0.740. The number of rotatable bonds is 1. The van der Waals surface area contributed by atoms with Gasteiger partial charge in [-0.3, -0.25) is 0 Å². The van der Waals surface area contributed by atoms with Crippen LogP contribution >= 0.6 is 11.6 Å². The molecular weight excluding hydrogens is 278 g/mol. The van der Waals surface area contributed by atoms with Crippen LogP contribution in [-0.2, 0) is 0 Å². The summed E-state index contributed by atoms with van der Waals surface area (Å²) in [6, 6.07) is 18.1. The zero-order chi connectivity index (χ0) is 14.4. The van der Waals surface area contributed by atoms with Crippen LogP contribution in [0.2, 0.25) is 5.02 Å². The predicted molar refractivity (Wildman–Crippen MR) is 88.1 cm³/mol. The van der Waals surface area contributed by atoms with Crippen molar-refractivity contribution in [2.75, 3.05) is 13.6 Å². The first-order valence-electron chi connectivity index (χ1n) is 7.78. The van der Waals surface area contributed by atoms with Crippen LogP contribution < -0.4 is 0 Å². The van der Waals surface area contributed by atoms with Gasteiger partial charge in [0.25, 0.3) is 0 Å². The fourth-order valence-corrected chi connectivity index (χ4v) is 4.39. The molecule has 108 valence electrons. The molecule has 2 aliphatic rings. The van der Waals surface area contributed by atoms with E-state index in [0.29, 0.717) is 12.0 Å². The molecule has 1 saturated heterocycles. The Labute approximate surface area is 131 Å². The SMILES string of the molecule is CN1CC[C@@H]2c3ccccc3[C@@H](c3ccc(Cl)cc3)C[C@H]21. The number of halogens is 1. The molecule has 1 aliphatic carbocycles. The lowest BCUT2D eigenvalue weighted by atomic mass is 9.71. The lowest BCUT2D eigenvalue weighted by Crippen LogP contribution is -2.34. The van der Waals surface area contributed by atoms with Gasteiger partial charge in [0.05, 0.1) is 0 Å². The van der Waals surface area contributed by atoms with E-state index in [9.17, 15) is 0 Å². The fraction of sp³-hybridized carbons (Fsp3) is 0.368. The van der Waals surface area contributed by atoms with Crippen molar-refractivity contribution in [2.45, 2.75) is 30.7 Å². The average molecular weight is 298 g/mol. The molecule has 1 nitrogen and oxygen atoms in total. The van der Waals surface area contributed by atoms with Gasteiger partial charge in [0.1, 0.15) is 0 Å². The van der Waals surface area contributed by atoms with E-state index in [-0.39, 0.29) is 0 Å². The second-order valence-electron chi connectivity index (χ2n) is 6.41. The normalized spacial score (nSPS) is 28.2. The molecule has 0 N–H and O–H groups in total. The minimum atomic E-state index is 0.500. The van der Waals surface area contributed by atoms with Gasteiger partial charge in [-0.05, 0) is 55.3 Å². The molecule has 21 heavy (non-hydrogen) atoms. The molecule has 2 heteroatoms. The predicted octanol–water partition coefficient (Wildman–Crippen LogP) is 4.66. The first kappa shape index (κ1) is 13.4. The molecule has 2 aromatic carbocycles. The number of likely N-dealkylation sites (N-methyl/N-ethyl adjacent to an activating group) is 1. The molecule has 0 unspecified atom stereocenters. The summed E-state index contributed by atoms with van der Waals surface area (Å²) in [5.41, 5.74) is 4.49. The van der Waals surface area contributed by atoms with Crippen molar-refractivity contribution in [3.8, 4) is 0 Å². The van der Waals surface area contributed by atoms with Crippen LogP contribution in [-0.4, -0.2) is 24.5 Å². The summed E-state index contributed by atoms with van der Waals surface area (Å²) < 4.78 is 0. The van der Waals surface area contributed by atoms with Crippen molar-refractivity contribution in [2.24, 2.45) is 0 Å². The molecule has 0 amide bonds. The van der Waals surface area contributed by atoms with E-state index in [4.69, 9.17) is 11.6 Å². The van der Waals surface area contributed by atoms with E-state index in [2.05, 4.69) is 48.3 Å². The highest BCUT2D eigenvalue weighted by Gasteiger charge is 2.40. The summed E-state index contributed by atoms with van der Waals surface area (Å²) in [7, 11) is 2.28. The van der Waals surface area contributed by atoms with Crippen molar-refractivity contribution >= 4 is 11.6 Å². The Morgan fingerprint density at radius 2 is 1.71 bits per heavy atom. The molecule has 1 aliphatic heterocycles. The topological polar surface area (TPSA) is 3.24 Å². The van der Waals surface area contributed by atoms with Crippen LogP contribution in [0.15, 0.2) is 48.5 Å². The molecule has 1 heterocycles. The van der Waals surface area contributed by atoms with E-state index >= 15 is 0 Å². The second-order valence-corrected chi connectivity index (χ2v) is 6.85. The zero-order valence-electron chi connectivity index (χ0n) is 12.3. The largest absolute Gasteiger partial charge is 0.303 e. The van der Waals surface area contributed by atoms with Gasteiger partial charge < -0.3 is 4.90 Å². The Morgan fingerprint density at radius 1 is 1.00 bits per heavy atom. The summed E-state index contributed by atoms with van der Waals surface area (Å²) >= 11 is 6.05. The first-order chi connectivity index (χ1) is 10.2. The van der Waals surface area contributed by atoms with E-state index in [0.717, 1.165) is 10.9 Å². The van der Waals surface area contributed by atoms with Crippen molar-refractivity contribution in [1.82, 2.24) is 4.90 Å². The maximum Gasteiger partial charge on any atom is 0.0406 e. The molecule has 2 aromatic rings. The van der Waals surface area contributed by atoms with E-state index < -0.39 is 0 Å². The summed E-state index contributed by atoms with van der Waals surface area (Å²) in [5, 5.41) is 0.818. The van der Waals surface area contributed by atoms with Crippen molar-refractivity contribution < 1.29 is 0 Å². The zero-order valence-corrected chi connectivity index (χ0v) is 13.1. The maximum absolute atomic E-state index is 6.05. The highest BCUT2D eigenvalue weighted by atomic mass is 35.5. The number of fused-ring (bicyclic) bond motifs is 3. The van der Waals surface area contributed by atoms with Crippen LogP contribution in [0.1, 0.15) is 41.4 Å². The lowest BCUT2D eigenvalue weighted by molar-refractivity contribution is 0.265. The van der Waals surface area contributed by atoms with Gasteiger partial charge in [0, 0.05) is 22.9 Å². The third kappa shape index (κ3) is 2.20. The van der Waals surface area contributed by atoms with Crippen molar-refractivity contribution in [1.29, 1.82) is 0 Å². The Bertz CT molecular complexity index is 649. The van der Waals surface area contributed by atoms with Crippen LogP contribution in [0.4, 0.5) is 0 Å². The highest BCUT2D eigenvalue weighted by Crippen LogP contribution is 2.47. The standard InChI is InChI=1S/C19H20ClN/c1-21-11-10-17-15-4-2-3-5-16(15)18(12-19(17)21)13-6-8-14(20)9-7-13/h2-9,17-19H,10-12H2,1H3/t17-,18-,19-/m1/s1. The number of likely N-dealkylation sites (tertiary alicyclic amines) is 1. The molecule has 0 spiro atoms. The Balaban J connectivity index is 1.81. The smallest absolute Gasteiger partial charge is 0.0406 e. The number of hydrogen-bond donors (Lipinski definition) is 0. The van der Waals surface area contributed by atoms with Crippen LogP contribution in [0, 0.1) is 0 Å². The van der Waals surface area contributed by atoms with Gasteiger partial charge in [-0.2, -0.15) is 0 Å². The molecule has 3 atom stereocenters. The monoisotopic (exact) mass is 297 g/mol. The summed E-state index contributed by atoms with van der Waals surface area (Å²) in [4.78, 5) is 2.55. The van der Waals surface area contributed by atoms with Crippen LogP contribution in [0.5, 0.6) is 0 Å². The summed E-state index contributed by atoms with van der Waals surface area (Å²) in [5.74, 6) is 1.22. The van der Waals surface area contributed by atoms with Gasteiger partial charge >= 0.3 is 0 Å². The third-order valence-electron chi connectivity index (χ3n) is 5.34. The fourth-order valence-electron chi connectivity index (χ4n) is 4.26. The van der Waals surface area contributed by atoms with Crippen LogP contribution in [0.3, 0.4) is 0 Å². The lowest BCUT2D eigenvalue weighted by Gasteiger charge is -2.37.